The van der Waals surface area contributed by atoms with Gasteiger partial charge in [-0.3, -0.25) is 4.79 Å². The first-order chi connectivity index (χ1) is 14.7. The number of hydrogen-bond donors (Lipinski definition) is 1. The van der Waals surface area contributed by atoms with Gasteiger partial charge in [-0.15, -0.1) is 12.4 Å². The van der Waals surface area contributed by atoms with Crippen molar-refractivity contribution in [3.8, 4) is 0 Å². The highest BCUT2D eigenvalue weighted by Crippen LogP contribution is 2.37. The van der Waals surface area contributed by atoms with Crippen LogP contribution in [0, 0.1) is 11.8 Å². The number of carbonyl (C=O) groups is 1. The second kappa shape index (κ2) is 11.0. The molecule has 1 saturated heterocycles. The minimum atomic E-state index is -0.637. The molecule has 0 bridgehead atoms. The molecule has 0 aromatic heterocycles. The van der Waals surface area contributed by atoms with E-state index in [1.165, 1.54) is 22.5 Å². The van der Waals surface area contributed by atoms with Gasteiger partial charge < -0.3 is 14.9 Å². The van der Waals surface area contributed by atoms with Crippen LogP contribution in [0.1, 0.15) is 43.7 Å². The summed E-state index contributed by atoms with van der Waals surface area (Å²) in [6.45, 7) is 5.95. The number of halogens is 1. The van der Waals surface area contributed by atoms with Gasteiger partial charge in [-0.2, -0.15) is 0 Å². The molecule has 0 radical (unpaired) electrons. The Morgan fingerprint density at radius 2 is 1.65 bits per heavy atom. The van der Waals surface area contributed by atoms with Crippen molar-refractivity contribution in [1.29, 1.82) is 0 Å². The van der Waals surface area contributed by atoms with Gasteiger partial charge in [0.15, 0.2) is 0 Å². The zero-order chi connectivity index (χ0) is 20.9. The van der Waals surface area contributed by atoms with E-state index in [1.807, 2.05) is 0 Å². The SMILES string of the molecule is CCCC(CN1CCC[C@@H](C(=O)O)C1)CN1c2ccccc2CCc2ccccc21.Cl. The van der Waals surface area contributed by atoms with E-state index in [-0.39, 0.29) is 18.3 Å². The minimum absolute atomic E-state index is 0. The molecule has 2 aliphatic heterocycles. The molecule has 0 aliphatic carbocycles. The summed E-state index contributed by atoms with van der Waals surface area (Å²) in [4.78, 5) is 16.4. The number of benzene rings is 2. The number of carboxylic acid groups (broad SMARTS) is 1. The first-order valence-electron chi connectivity index (χ1n) is 11.5. The van der Waals surface area contributed by atoms with Crippen LogP contribution in [-0.4, -0.2) is 42.2 Å². The Hall–Kier alpha value is -2.04. The van der Waals surface area contributed by atoms with Crippen LogP contribution in [0.2, 0.25) is 0 Å². The number of rotatable bonds is 7. The molecule has 31 heavy (non-hydrogen) atoms. The molecule has 4 nitrogen and oxygen atoms in total. The maximum absolute atomic E-state index is 11.5. The number of aryl methyl sites for hydroxylation is 2. The highest BCUT2D eigenvalue weighted by Gasteiger charge is 2.28. The van der Waals surface area contributed by atoms with Crippen molar-refractivity contribution in [1.82, 2.24) is 4.90 Å². The summed E-state index contributed by atoms with van der Waals surface area (Å²) >= 11 is 0. The predicted molar refractivity (Wildman–Crippen MR) is 130 cm³/mol. The van der Waals surface area contributed by atoms with E-state index in [2.05, 4.69) is 65.3 Å². The van der Waals surface area contributed by atoms with Crippen LogP contribution in [0.15, 0.2) is 48.5 Å². The van der Waals surface area contributed by atoms with Crippen molar-refractivity contribution in [2.75, 3.05) is 31.1 Å². The molecule has 2 heterocycles. The summed E-state index contributed by atoms with van der Waals surface area (Å²) in [5.74, 6) is -0.329. The molecular formula is C26H35ClN2O2. The van der Waals surface area contributed by atoms with Crippen molar-refractivity contribution in [3.05, 3.63) is 59.7 Å². The lowest BCUT2D eigenvalue weighted by molar-refractivity contribution is -0.143. The van der Waals surface area contributed by atoms with E-state index in [1.54, 1.807) is 0 Å². The lowest BCUT2D eigenvalue weighted by Gasteiger charge is -2.36. The third kappa shape index (κ3) is 5.61. The van der Waals surface area contributed by atoms with Gasteiger partial charge in [-0.1, -0.05) is 49.7 Å². The summed E-state index contributed by atoms with van der Waals surface area (Å²) in [5, 5.41) is 9.47. The summed E-state index contributed by atoms with van der Waals surface area (Å²) in [6.07, 6.45) is 6.28. The van der Waals surface area contributed by atoms with Crippen LogP contribution < -0.4 is 4.90 Å². The summed E-state index contributed by atoms with van der Waals surface area (Å²) < 4.78 is 0. The third-order valence-corrected chi connectivity index (χ3v) is 6.74. The van der Waals surface area contributed by atoms with E-state index in [0.717, 1.165) is 58.2 Å². The van der Waals surface area contributed by atoms with E-state index in [0.29, 0.717) is 12.5 Å². The molecule has 1 N–H and O–H groups in total. The maximum Gasteiger partial charge on any atom is 0.307 e. The summed E-state index contributed by atoms with van der Waals surface area (Å²) in [6, 6.07) is 17.7. The van der Waals surface area contributed by atoms with Crippen LogP contribution in [0.25, 0.3) is 0 Å². The lowest BCUT2D eigenvalue weighted by atomic mass is 9.95. The Kier molecular flexibility index (Phi) is 8.39. The van der Waals surface area contributed by atoms with Crippen LogP contribution in [0.4, 0.5) is 11.4 Å². The average molecular weight is 443 g/mol. The van der Waals surface area contributed by atoms with Gasteiger partial charge in [0.2, 0.25) is 0 Å². The minimum Gasteiger partial charge on any atom is -0.481 e. The highest BCUT2D eigenvalue weighted by molar-refractivity contribution is 5.85. The number of aliphatic carboxylic acids is 1. The molecule has 0 amide bonds. The van der Waals surface area contributed by atoms with Gasteiger partial charge in [0.1, 0.15) is 0 Å². The Morgan fingerprint density at radius 1 is 1.03 bits per heavy atom. The molecule has 1 fully saturated rings. The second-order valence-corrected chi connectivity index (χ2v) is 8.96. The zero-order valence-electron chi connectivity index (χ0n) is 18.5. The first kappa shape index (κ1) is 23.6. The molecule has 4 rings (SSSR count). The number of fused-ring (bicyclic) bond motifs is 2. The fraction of sp³-hybridized carbons (Fsp3) is 0.500. The van der Waals surface area contributed by atoms with Gasteiger partial charge >= 0.3 is 5.97 Å². The van der Waals surface area contributed by atoms with Gasteiger partial charge in [0, 0.05) is 31.0 Å². The first-order valence-corrected chi connectivity index (χ1v) is 11.5. The fourth-order valence-corrected chi connectivity index (χ4v) is 5.26. The molecule has 5 heteroatoms. The monoisotopic (exact) mass is 442 g/mol. The van der Waals surface area contributed by atoms with Crippen molar-refractivity contribution in [3.63, 3.8) is 0 Å². The fourth-order valence-electron chi connectivity index (χ4n) is 5.26. The van der Waals surface area contributed by atoms with Gasteiger partial charge in [0.25, 0.3) is 0 Å². The molecule has 2 aromatic rings. The highest BCUT2D eigenvalue weighted by atomic mass is 35.5. The number of anilines is 2. The van der Waals surface area contributed by atoms with Gasteiger partial charge in [-0.05, 0) is 67.8 Å². The van der Waals surface area contributed by atoms with E-state index in [9.17, 15) is 9.90 Å². The number of carboxylic acids is 1. The maximum atomic E-state index is 11.5. The van der Waals surface area contributed by atoms with Gasteiger partial charge in [-0.25, -0.2) is 0 Å². The molecule has 2 aromatic carbocycles. The quantitative estimate of drug-likeness (QED) is 0.609. The largest absolute Gasteiger partial charge is 0.481 e. The Labute approximate surface area is 192 Å². The lowest BCUT2D eigenvalue weighted by Crippen LogP contribution is -2.43. The molecule has 2 aliphatic rings. The number of likely N-dealkylation sites (tertiary alicyclic amines) is 1. The van der Waals surface area contributed by atoms with Crippen molar-refractivity contribution >= 4 is 29.8 Å². The average Bonchev–Trinajstić information content (AvgIpc) is 2.92. The Bertz CT molecular complexity index is 824. The van der Waals surface area contributed by atoms with E-state index in [4.69, 9.17) is 0 Å². The summed E-state index contributed by atoms with van der Waals surface area (Å²) in [5.41, 5.74) is 5.52. The van der Waals surface area contributed by atoms with E-state index < -0.39 is 5.97 Å². The standard InChI is InChI=1S/C26H34N2O2.ClH/c1-2-8-20(17-27-16-7-11-23(19-27)26(29)30)18-28-24-12-5-3-9-21(24)14-15-22-10-4-6-13-25(22)28;/h3-6,9-10,12-13,20,23H,2,7-8,11,14-19H2,1H3,(H,29,30);1H/t20?,23-;/m1./s1. The second-order valence-electron chi connectivity index (χ2n) is 8.96. The van der Waals surface area contributed by atoms with Crippen LogP contribution >= 0.6 is 12.4 Å². The molecular weight excluding hydrogens is 408 g/mol. The van der Waals surface area contributed by atoms with Crippen molar-refractivity contribution in [2.24, 2.45) is 11.8 Å². The predicted octanol–water partition coefficient (Wildman–Crippen LogP) is 5.56. The van der Waals surface area contributed by atoms with Crippen molar-refractivity contribution < 1.29 is 9.90 Å². The molecule has 2 atom stereocenters. The molecule has 0 saturated carbocycles. The van der Waals surface area contributed by atoms with Crippen LogP contribution in [0.5, 0.6) is 0 Å². The summed E-state index contributed by atoms with van der Waals surface area (Å²) in [7, 11) is 0. The zero-order valence-corrected chi connectivity index (χ0v) is 19.3. The number of nitrogens with zero attached hydrogens (tertiary/aromatic N) is 2. The van der Waals surface area contributed by atoms with Crippen LogP contribution in [0.3, 0.4) is 0 Å². The normalized spacial score (nSPS) is 19.5. The topological polar surface area (TPSA) is 43.8 Å². The molecule has 168 valence electrons. The molecule has 1 unspecified atom stereocenters. The van der Waals surface area contributed by atoms with Crippen LogP contribution in [-0.2, 0) is 17.6 Å². The number of para-hydroxylation sites is 2. The Morgan fingerprint density at radius 3 is 2.23 bits per heavy atom. The van der Waals surface area contributed by atoms with E-state index >= 15 is 0 Å². The Balaban J connectivity index is 0.00000272. The number of piperidine rings is 1. The number of hydrogen-bond acceptors (Lipinski definition) is 3. The third-order valence-electron chi connectivity index (χ3n) is 6.74. The van der Waals surface area contributed by atoms with Crippen molar-refractivity contribution in [2.45, 2.75) is 45.4 Å². The smallest absolute Gasteiger partial charge is 0.307 e. The van der Waals surface area contributed by atoms with Gasteiger partial charge in [0.05, 0.1) is 5.92 Å². The molecule has 0 spiro atoms.